The summed E-state index contributed by atoms with van der Waals surface area (Å²) in [4.78, 5) is 0. The minimum atomic E-state index is 0.556. The molecule has 1 unspecified atom stereocenters. The van der Waals surface area contributed by atoms with E-state index in [9.17, 15) is 0 Å². The summed E-state index contributed by atoms with van der Waals surface area (Å²) in [5, 5.41) is 3.50. The first-order valence-corrected chi connectivity index (χ1v) is 7.56. The summed E-state index contributed by atoms with van der Waals surface area (Å²) in [5.74, 6) is 1.69. The molecular formula is C17H29NO2. The van der Waals surface area contributed by atoms with Crippen LogP contribution in [0.15, 0.2) is 24.3 Å². The van der Waals surface area contributed by atoms with Gasteiger partial charge in [-0.3, -0.25) is 0 Å². The van der Waals surface area contributed by atoms with Crippen LogP contribution in [0, 0.1) is 5.92 Å². The summed E-state index contributed by atoms with van der Waals surface area (Å²) >= 11 is 0. The van der Waals surface area contributed by atoms with Crippen LogP contribution in [0.3, 0.4) is 0 Å². The molecule has 1 N–H and O–H groups in total. The molecule has 114 valence electrons. The maximum absolute atomic E-state index is 5.75. The van der Waals surface area contributed by atoms with Gasteiger partial charge in [0.25, 0.3) is 0 Å². The van der Waals surface area contributed by atoms with Crippen molar-refractivity contribution in [2.24, 2.45) is 5.92 Å². The van der Waals surface area contributed by atoms with Crippen LogP contribution in [0.2, 0.25) is 0 Å². The highest BCUT2D eigenvalue weighted by Crippen LogP contribution is 2.13. The Morgan fingerprint density at radius 3 is 2.65 bits per heavy atom. The number of rotatable bonds is 10. The van der Waals surface area contributed by atoms with E-state index in [1.165, 1.54) is 12.8 Å². The Kier molecular flexibility index (Phi) is 8.31. The molecule has 0 aromatic heterocycles. The van der Waals surface area contributed by atoms with Crippen LogP contribution in [-0.4, -0.2) is 26.3 Å². The summed E-state index contributed by atoms with van der Waals surface area (Å²) in [6, 6.07) is 8.62. The monoisotopic (exact) mass is 279 g/mol. The average Bonchev–Trinajstić information content (AvgIpc) is 2.42. The highest BCUT2D eigenvalue weighted by Gasteiger charge is 2.03. The van der Waals surface area contributed by atoms with Crippen LogP contribution in [0.1, 0.15) is 39.2 Å². The summed E-state index contributed by atoms with van der Waals surface area (Å²) in [7, 11) is 1.70. The van der Waals surface area contributed by atoms with Gasteiger partial charge in [0.15, 0.2) is 0 Å². The zero-order chi connectivity index (χ0) is 14.8. The standard InChI is InChI=1S/C17H29NO2/c1-14(2)8-9-15(3)18-10-11-20-17-7-5-6-16(12-17)13-19-4/h5-7,12,14-15,18H,8-11,13H2,1-4H3. The van der Waals surface area contributed by atoms with Crippen molar-refractivity contribution >= 4 is 0 Å². The van der Waals surface area contributed by atoms with Gasteiger partial charge in [-0.05, 0) is 43.4 Å². The molecule has 0 spiro atoms. The number of ether oxygens (including phenoxy) is 2. The van der Waals surface area contributed by atoms with Crippen molar-refractivity contribution in [3.8, 4) is 5.75 Å². The maximum Gasteiger partial charge on any atom is 0.119 e. The molecule has 0 aliphatic carbocycles. The molecule has 0 saturated carbocycles. The van der Waals surface area contributed by atoms with Gasteiger partial charge in [-0.15, -0.1) is 0 Å². The predicted molar refractivity (Wildman–Crippen MR) is 84.2 cm³/mol. The fraction of sp³-hybridized carbons (Fsp3) is 0.647. The van der Waals surface area contributed by atoms with Crippen molar-refractivity contribution < 1.29 is 9.47 Å². The molecule has 0 bridgehead atoms. The van der Waals surface area contributed by atoms with Gasteiger partial charge in [-0.1, -0.05) is 26.0 Å². The lowest BCUT2D eigenvalue weighted by Crippen LogP contribution is -2.30. The zero-order valence-corrected chi connectivity index (χ0v) is 13.3. The second-order valence-electron chi connectivity index (χ2n) is 5.76. The van der Waals surface area contributed by atoms with Gasteiger partial charge < -0.3 is 14.8 Å². The molecule has 3 heteroatoms. The third-order valence-corrected chi connectivity index (χ3v) is 3.25. The van der Waals surface area contributed by atoms with Gasteiger partial charge in [-0.2, -0.15) is 0 Å². The van der Waals surface area contributed by atoms with Crippen molar-refractivity contribution in [1.29, 1.82) is 0 Å². The molecule has 0 amide bonds. The van der Waals surface area contributed by atoms with E-state index in [1.807, 2.05) is 24.3 Å². The summed E-state index contributed by atoms with van der Waals surface area (Å²) < 4.78 is 10.9. The lowest BCUT2D eigenvalue weighted by Gasteiger charge is -2.15. The quantitative estimate of drug-likeness (QED) is 0.663. The van der Waals surface area contributed by atoms with Gasteiger partial charge in [0.2, 0.25) is 0 Å². The highest BCUT2D eigenvalue weighted by atomic mass is 16.5. The molecule has 0 fully saturated rings. The first kappa shape index (κ1) is 17.0. The zero-order valence-electron chi connectivity index (χ0n) is 13.3. The van der Waals surface area contributed by atoms with E-state index < -0.39 is 0 Å². The molecule has 0 aliphatic heterocycles. The molecule has 0 saturated heterocycles. The molecule has 1 aromatic rings. The second kappa shape index (κ2) is 9.78. The Morgan fingerprint density at radius 2 is 1.95 bits per heavy atom. The van der Waals surface area contributed by atoms with Crippen LogP contribution in [0.4, 0.5) is 0 Å². The lowest BCUT2D eigenvalue weighted by atomic mass is 10.0. The van der Waals surface area contributed by atoms with Gasteiger partial charge >= 0.3 is 0 Å². The molecule has 0 radical (unpaired) electrons. The Hall–Kier alpha value is -1.06. The van der Waals surface area contributed by atoms with Crippen LogP contribution in [0.5, 0.6) is 5.75 Å². The largest absolute Gasteiger partial charge is 0.492 e. The fourth-order valence-electron chi connectivity index (χ4n) is 2.05. The molecule has 0 heterocycles. The van der Waals surface area contributed by atoms with E-state index in [0.29, 0.717) is 19.3 Å². The van der Waals surface area contributed by atoms with Gasteiger partial charge in [0, 0.05) is 19.7 Å². The average molecular weight is 279 g/mol. The number of nitrogens with one attached hydrogen (secondary N) is 1. The Labute approximate surface area is 123 Å². The van der Waals surface area contributed by atoms with Crippen molar-refractivity contribution in [2.75, 3.05) is 20.3 Å². The molecule has 20 heavy (non-hydrogen) atoms. The topological polar surface area (TPSA) is 30.5 Å². The number of hydrogen-bond acceptors (Lipinski definition) is 3. The van der Waals surface area contributed by atoms with E-state index >= 15 is 0 Å². The van der Waals surface area contributed by atoms with E-state index in [-0.39, 0.29) is 0 Å². The molecule has 1 aromatic carbocycles. The van der Waals surface area contributed by atoms with E-state index in [1.54, 1.807) is 7.11 Å². The highest BCUT2D eigenvalue weighted by molar-refractivity contribution is 5.28. The van der Waals surface area contributed by atoms with Crippen molar-refractivity contribution in [2.45, 2.75) is 46.3 Å². The van der Waals surface area contributed by atoms with E-state index in [2.05, 4.69) is 26.1 Å². The molecule has 0 aliphatic rings. The van der Waals surface area contributed by atoms with Crippen LogP contribution in [0.25, 0.3) is 0 Å². The number of hydrogen-bond donors (Lipinski definition) is 1. The lowest BCUT2D eigenvalue weighted by molar-refractivity contribution is 0.184. The molecular weight excluding hydrogens is 250 g/mol. The van der Waals surface area contributed by atoms with Crippen LogP contribution < -0.4 is 10.1 Å². The van der Waals surface area contributed by atoms with Gasteiger partial charge in [0.05, 0.1) is 6.61 Å². The SMILES string of the molecule is COCc1cccc(OCCNC(C)CCC(C)C)c1. The van der Waals surface area contributed by atoms with E-state index in [4.69, 9.17) is 9.47 Å². The Morgan fingerprint density at radius 1 is 1.15 bits per heavy atom. The normalized spacial score (nSPS) is 12.7. The molecule has 3 nitrogen and oxygen atoms in total. The third kappa shape index (κ3) is 7.51. The fourth-order valence-corrected chi connectivity index (χ4v) is 2.05. The first-order valence-electron chi connectivity index (χ1n) is 7.56. The third-order valence-electron chi connectivity index (χ3n) is 3.25. The summed E-state index contributed by atoms with van der Waals surface area (Å²) in [6.07, 6.45) is 2.50. The minimum absolute atomic E-state index is 0.556. The summed E-state index contributed by atoms with van der Waals surface area (Å²) in [6.45, 7) is 8.98. The van der Waals surface area contributed by atoms with Crippen LogP contribution >= 0.6 is 0 Å². The maximum atomic E-state index is 5.75. The molecule has 1 rings (SSSR count). The Bertz CT molecular complexity index is 366. The second-order valence-corrected chi connectivity index (χ2v) is 5.76. The smallest absolute Gasteiger partial charge is 0.119 e. The minimum Gasteiger partial charge on any atom is -0.492 e. The first-order chi connectivity index (χ1) is 9.61. The van der Waals surface area contributed by atoms with Gasteiger partial charge in [0.1, 0.15) is 12.4 Å². The van der Waals surface area contributed by atoms with E-state index in [0.717, 1.165) is 23.8 Å². The predicted octanol–water partition coefficient (Wildman–Crippen LogP) is 3.63. The molecule has 1 atom stereocenters. The van der Waals surface area contributed by atoms with Crippen LogP contribution in [-0.2, 0) is 11.3 Å². The Balaban J connectivity index is 2.18. The van der Waals surface area contributed by atoms with Crippen molar-refractivity contribution in [3.63, 3.8) is 0 Å². The number of methoxy groups -OCH3 is 1. The summed E-state index contributed by atoms with van der Waals surface area (Å²) in [5.41, 5.74) is 1.14. The number of benzene rings is 1. The van der Waals surface area contributed by atoms with Crippen molar-refractivity contribution in [1.82, 2.24) is 5.32 Å². The van der Waals surface area contributed by atoms with Gasteiger partial charge in [-0.25, -0.2) is 0 Å². The van der Waals surface area contributed by atoms with Crippen molar-refractivity contribution in [3.05, 3.63) is 29.8 Å².